The Morgan fingerprint density at radius 3 is 2.56 bits per heavy atom. The van der Waals surface area contributed by atoms with E-state index >= 15 is 0 Å². The minimum absolute atomic E-state index is 0.259. The van der Waals surface area contributed by atoms with Crippen molar-refractivity contribution in [1.29, 1.82) is 0 Å². The summed E-state index contributed by atoms with van der Waals surface area (Å²) in [4.78, 5) is 13.8. The molecule has 18 heavy (non-hydrogen) atoms. The van der Waals surface area contributed by atoms with Gasteiger partial charge in [0, 0.05) is 25.4 Å². The van der Waals surface area contributed by atoms with Gasteiger partial charge < -0.3 is 10.2 Å². The number of piperidine rings is 1. The number of carbonyl (C=O) groups is 1. The normalized spacial score (nSPS) is 27.0. The van der Waals surface area contributed by atoms with Crippen LogP contribution in [0.25, 0.3) is 0 Å². The summed E-state index contributed by atoms with van der Waals surface area (Å²) in [7, 11) is -1.37. The zero-order valence-electron chi connectivity index (χ0n) is 11.6. The fourth-order valence-electron chi connectivity index (χ4n) is 2.47. The van der Waals surface area contributed by atoms with Gasteiger partial charge in [-0.15, -0.1) is 0 Å². The number of carbonyl (C=O) groups excluding carboxylic acids is 1. The van der Waals surface area contributed by atoms with E-state index in [9.17, 15) is 13.2 Å². The van der Waals surface area contributed by atoms with Gasteiger partial charge in [-0.05, 0) is 26.3 Å². The predicted octanol–water partition coefficient (Wildman–Crippen LogP) is 0.266. The van der Waals surface area contributed by atoms with Crippen LogP contribution in [0.3, 0.4) is 0 Å². The number of hydrogen-bond donors (Lipinski definition) is 1. The molecule has 3 atom stereocenters. The van der Waals surface area contributed by atoms with Crippen molar-refractivity contribution in [2.45, 2.75) is 38.0 Å². The number of hydrogen-bond acceptors (Lipinski definition) is 4. The van der Waals surface area contributed by atoms with Crippen molar-refractivity contribution in [3.05, 3.63) is 0 Å². The van der Waals surface area contributed by atoms with Crippen LogP contribution < -0.4 is 5.32 Å². The molecule has 1 fully saturated rings. The molecule has 0 bridgehead atoms. The van der Waals surface area contributed by atoms with Gasteiger partial charge in [0.15, 0.2) is 9.84 Å². The van der Waals surface area contributed by atoms with E-state index in [0.29, 0.717) is 25.0 Å². The maximum atomic E-state index is 12.1. The average molecular weight is 276 g/mol. The molecule has 1 rings (SSSR count). The summed E-state index contributed by atoms with van der Waals surface area (Å²) in [5.41, 5.74) is 0. The lowest BCUT2D eigenvalue weighted by Gasteiger charge is -2.39. The second kappa shape index (κ2) is 6.02. The molecule has 1 aliphatic heterocycles. The number of nitrogens with one attached hydrogen (secondary N) is 1. The van der Waals surface area contributed by atoms with Crippen molar-refractivity contribution >= 4 is 15.7 Å². The van der Waals surface area contributed by atoms with Gasteiger partial charge in [-0.25, -0.2) is 8.42 Å². The Hall–Kier alpha value is -0.620. The van der Waals surface area contributed by atoms with Crippen molar-refractivity contribution in [2.75, 3.05) is 26.4 Å². The van der Waals surface area contributed by atoms with E-state index in [1.54, 1.807) is 4.90 Å². The summed E-state index contributed by atoms with van der Waals surface area (Å²) < 4.78 is 22.9. The van der Waals surface area contributed by atoms with Gasteiger partial charge in [-0.2, -0.15) is 0 Å². The topological polar surface area (TPSA) is 66.5 Å². The third kappa shape index (κ3) is 3.45. The van der Waals surface area contributed by atoms with Crippen molar-refractivity contribution < 1.29 is 13.2 Å². The smallest absolute Gasteiger partial charge is 0.240 e. The van der Waals surface area contributed by atoms with Gasteiger partial charge in [0.1, 0.15) is 5.25 Å². The number of sulfone groups is 1. The zero-order chi connectivity index (χ0) is 13.9. The third-order valence-corrected chi connectivity index (χ3v) is 5.42. The fraction of sp³-hybridized carbons (Fsp3) is 0.917. The quantitative estimate of drug-likeness (QED) is 0.800. The predicted molar refractivity (Wildman–Crippen MR) is 72.1 cm³/mol. The van der Waals surface area contributed by atoms with Crippen LogP contribution in [-0.2, 0) is 14.6 Å². The molecule has 5 nitrogen and oxygen atoms in total. The molecule has 1 heterocycles. The van der Waals surface area contributed by atoms with Gasteiger partial charge in [0.05, 0.1) is 0 Å². The fourth-order valence-corrected chi connectivity index (χ4v) is 2.98. The lowest BCUT2D eigenvalue weighted by molar-refractivity contribution is -0.132. The van der Waals surface area contributed by atoms with E-state index in [1.807, 2.05) is 7.05 Å². The van der Waals surface area contributed by atoms with Crippen molar-refractivity contribution in [3.63, 3.8) is 0 Å². The molecule has 0 aromatic heterocycles. The minimum Gasteiger partial charge on any atom is -0.341 e. The van der Waals surface area contributed by atoms with Crippen LogP contribution in [0.1, 0.15) is 26.7 Å². The first kappa shape index (κ1) is 15.4. The highest BCUT2D eigenvalue weighted by atomic mass is 32.2. The van der Waals surface area contributed by atoms with Crippen LogP contribution in [0.15, 0.2) is 0 Å². The summed E-state index contributed by atoms with van der Waals surface area (Å²) >= 11 is 0. The molecule has 0 aliphatic carbocycles. The summed E-state index contributed by atoms with van der Waals surface area (Å²) in [5, 5.41) is 2.34. The molecule has 0 aromatic carbocycles. The number of rotatable bonds is 4. The molecule has 1 saturated heterocycles. The molecule has 6 heteroatoms. The van der Waals surface area contributed by atoms with Crippen molar-refractivity contribution in [2.24, 2.45) is 5.92 Å². The third-order valence-electron chi connectivity index (χ3n) is 3.93. The zero-order valence-corrected chi connectivity index (χ0v) is 12.5. The van der Waals surface area contributed by atoms with Gasteiger partial charge in [-0.3, -0.25) is 4.79 Å². The Labute approximate surface area is 110 Å². The second-order valence-electron chi connectivity index (χ2n) is 5.11. The lowest BCUT2D eigenvalue weighted by Crippen LogP contribution is -2.52. The molecule has 0 aromatic rings. The standard InChI is InChI=1S/C12H24N2O3S/c1-5-10-8-14(7-6-11(10)13-3)12(15)9(2)18(4,16)17/h9-11,13H,5-8H2,1-4H3. The average Bonchev–Trinajstić information content (AvgIpc) is 2.34. The van der Waals surface area contributed by atoms with E-state index in [2.05, 4.69) is 12.2 Å². The van der Waals surface area contributed by atoms with Crippen molar-refractivity contribution in [3.8, 4) is 0 Å². The number of amides is 1. The first-order chi connectivity index (χ1) is 8.31. The summed E-state index contributed by atoms with van der Waals surface area (Å²) in [5.74, 6) is 0.143. The molecule has 1 N–H and O–H groups in total. The van der Waals surface area contributed by atoms with Crippen LogP contribution in [0.2, 0.25) is 0 Å². The molecule has 3 unspecified atom stereocenters. The Morgan fingerprint density at radius 1 is 1.50 bits per heavy atom. The van der Waals surface area contributed by atoms with Gasteiger partial charge in [-0.1, -0.05) is 13.3 Å². The summed E-state index contributed by atoms with van der Waals surface area (Å²) in [6, 6.07) is 0.424. The number of nitrogens with zero attached hydrogens (tertiary/aromatic N) is 1. The van der Waals surface area contributed by atoms with E-state index in [1.165, 1.54) is 6.92 Å². The molecule has 0 spiro atoms. The van der Waals surface area contributed by atoms with Gasteiger partial charge >= 0.3 is 0 Å². The van der Waals surface area contributed by atoms with E-state index in [-0.39, 0.29) is 5.91 Å². The lowest BCUT2D eigenvalue weighted by atomic mass is 9.90. The molecule has 1 aliphatic rings. The summed E-state index contributed by atoms with van der Waals surface area (Å²) in [6.07, 6.45) is 2.99. The largest absolute Gasteiger partial charge is 0.341 e. The Morgan fingerprint density at radius 2 is 2.11 bits per heavy atom. The highest BCUT2D eigenvalue weighted by molar-refractivity contribution is 7.92. The van der Waals surface area contributed by atoms with Gasteiger partial charge in [0.25, 0.3) is 0 Å². The minimum atomic E-state index is -3.30. The molecular weight excluding hydrogens is 252 g/mol. The van der Waals surface area contributed by atoms with Crippen LogP contribution in [-0.4, -0.2) is 56.9 Å². The van der Waals surface area contributed by atoms with E-state index in [0.717, 1.165) is 19.1 Å². The van der Waals surface area contributed by atoms with E-state index < -0.39 is 15.1 Å². The van der Waals surface area contributed by atoms with E-state index in [4.69, 9.17) is 0 Å². The monoisotopic (exact) mass is 276 g/mol. The Kier molecular flexibility index (Phi) is 5.16. The molecule has 1 amide bonds. The maximum Gasteiger partial charge on any atom is 0.240 e. The van der Waals surface area contributed by atoms with Crippen LogP contribution in [0.4, 0.5) is 0 Å². The van der Waals surface area contributed by atoms with Gasteiger partial charge in [0.2, 0.25) is 5.91 Å². The number of likely N-dealkylation sites (tertiary alicyclic amines) is 1. The molecule has 0 radical (unpaired) electrons. The maximum absolute atomic E-state index is 12.1. The Balaban J connectivity index is 2.72. The molecule has 0 saturated carbocycles. The first-order valence-electron chi connectivity index (χ1n) is 6.46. The van der Waals surface area contributed by atoms with Crippen LogP contribution in [0, 0.1) is 5.92 Å². The Bertz CT molecular complexity index is 394. The SMILES string of the molecule is CCC1CN(C(=O)C(C)S(C)(=O)=O)CCC1NC. The van der Waals surface area contributed by atoms with Crippen molar-refractivity contribution in [1.82, 2.24) is 10.2 Å². The summed E-state index contributed by atoms with van der Waals surface area (Å²) in [6.45, 7) is 4.87. The van der Waals surface area contributed by atoms with Crippen LogP contribution >= 0.6 is 0 Å². The highest BCUT2D eigenvalue weighted by Crippen LogP contribution is 2.21. The first-order valence-corrected chi connectivity index (χ1v) is 8.41. The second-order valence-corrected chi connectivity index (χ2v) is 7.47. The molecule has 106 valence electrons. The molecular formula is C12H24N2O3S. The highest BCUT2D eigenvalue weighted by Gasteiger charge is 2.34. The van der Waals surface area contributed by atoms with Crippen LogP contribution in [0.5, 0.6) is 0 Å².